The number of nitrogens with two attached hydrogens (primary N) is 1. The molecule has 5 heteroatoms. The van der Waals surface area contributed by atoms with Crippen molar-refractivity contribution in [1.82, 2.24) is 9.78 Å². The lowest BCUT2D eigenvalue weighted by atomic mass is 10.1. The van der Waals surface area contributed by atoms with Gasteiger partial charge in [0.2, 0.25) is 0 Å². The number of halogens is 2. The van der Waals surface area contributed by atoms with E-state index < -0.39 is 11.6 Å². The van der Waals surface area contributed by atoms with E-state index in [9.17, 15) is 8.78 Å². The highest BCUT2D eigenvalue weighted by Crippen LogP contribution is 2.25. The van der Waals surface area contributed by atoms with Crippen molar-refractivity contribution in [2.75, 3.05) is 5.73 Å². The molecule has 3 nitrogen and oxygen atoms in total. The zero-order valence-corrected chi connectivity index (χ0v) is 11.1. The van der Waals surface area contributed by atoms with Gasteiger partial charge in [-0.05, 0) is 12.1 Å². The van der Waals surface area contributed by atoms with E-state index in [2.05, 4.69) is 5.10 Å². The molecule has 1 heterocycles. The minimum absolute atomic E-state index is 0.163. The molecule has 0 atom stereocenters. The Morgan fingerprint density at radius 2 is 1.86 bits per heavy atom. The van der Waals surface area contributed by atoms with Crippen LogP contribution in [0.15, 0.2) is 54.9 Å². The second kappa shape index (κ2) is 5.36. The van der Waals surface area contributed by atoms with E-state index in [0.717, 1.165) is 17.2 Å². The molecule has 106 valence electrons. The van der Waals surface area contributed by atoms with Gasteiger partial charge in [0.1, 0.15) is 0 Å². The fourth-order valence-electron chi connectivity index (χ4n) is 2.19. The van der Waals surface area contributed by atoms with Crippen molar-refractivity contribution < 1.29 is 8.78 Å². The minimum Gasteiger partial charge on any atom is -0.398 e. The fraction of sp³-hybridized carbons (Fsp3) is 0.0625. The fourth-order valence-corrected chi connectivity index (χ4v) is 2.19. The quantitative estimate of drug-likeness (QED) is 0.749. The normalized spacial score (nSPS) is 10.8. The van der Waals surface area contributed by atoms with E-state index in [-0.39, 0.29) is 12.1 Å². The summed E-state index contributed by atoms with van der Waals surface area (Å²) in [5.74, 6) is -1.69. The van der Waals surface area contributed by atoms with E-state index in [1.54, 1.807) is 23.1 Å². The highest BCUT2D eigenvalue weighted by Gasteiger charge is 2.10. The maximum absolute atomic E-state index is 13.6. The Morgan fingerprint density at radius 1 is 1.05 bits per heavy atom. The molecule has 0 saturated heterocycles. The molecule has 0 unspecified atom stereocenters. The smallest absolute Gasteiger partial charge is 0.163 e. The maximum Gasteiger partial charge on any atom is 0.163 e. The molecule has 3 rings (SSSR count). The molecule has 0 amide bonds. The molecule has 1 aromatic heterocycles. The second-order valence-corrected chi connectivity index (χ2v) is 4.73. The number of rotatable bonds is 3. The molecular formula is C16H13F2N3. The van der Waals surface area contributed by atoms with Crippen LogP contribution in [0.5, 0.6) is 0 Å². The van der Waals surface area contributed by atoms with Crippen LogP contribution in [-0.2, 0) is 6.54 Å². The highest BCUT2D eigenvalue weighted by atomic mass is 19.2. The molecule has 0 spiro atoms. The Bertz CT molecular complexity index is 781. The number of aromatic nitrogens is 2. The largest absolute Gasteiger partial charge is 0.398 e. The first kappa shape index (κ1) is 13.3. The first-order chi connectivity index (χ1) is 10.1. The molecule has 0 fully saturated rings. The predicted molar refractivity (Wildman–Crippen MR) is 77.5 cm³/mol. The van der Waals surface area contributed by atoms with Gasteiger partial charge >= 0.3 is 0 Å². The van der Waals surface area contributed by atoms with Gasteiger partial charge in [0, 0.05) is 28.6 Å². The minimum atomic E-state index is -0.854. The third-order valence-corrected chi connectivity index (χ3v) is 3.27. The molecule has 21 heavy (non-hydrogen) atoms. The van der Waals surface area contributed by atoms with Crippen LogP contribution >= 0.6 is 0 Å². The topological polar surface area (TPSA) is 43.8 Å². The lowest BCUT2D eigenvalue weighted by molar-refractivity contribution is 0.492. The zero-order chi connectivity index (χ0) is 14.8. The van der Waals surface area contributed by atoms with E-state index in [1.165, 1.54) is 12.1 Å². The third-order valence-electron chi connectivity index (χ3n) is 3.27. The molecule has 2 N–H and O–H groups in total. The van der Waals surface area contributed by atoms with Crippen molar-refractivity contribution in [2.45, 2.75) is 6.54 Å². The summed E-state index contributed by atoms with van der Waals surface area (Å²) in [7, 11) is 0. The number of benzene rings is 2. The zero-order valence-electron chi connectivity index (χ0n) is 11.1. The van der Waals surface area contributed by atoms with Gasteiger partial charge in [0.25, 0.3) is 0 Å². The van der Waals surface area contributed by atoms with E-state index >= 15 is 0 Å². The van der Waals surface area contributed by atoms with Crippen molar-refractivity contribution in [1.29, 1.82) is 0 Å². The van der Waals surface area contributed by atoms with Crippen LogP contribution in [0.3, 0.4) is 0 Å². The molecule has 0 radical (unpaired) electrons. The summed E-state index contributed by atoms with van der Waals surface area (Å²) in [4.78, 5) is 0. The lowest BCUT2D eigenvalue weighted by Gasteiger charge is -2.04. The van der Waals surface area contributed by atoms with E-state index in [0.29, 0.717) is 5.69 Å². The Labute approximate surface area is 120 Å². The van der Waals surface area contributed by atoms with Crippen LogP contribution in [0, 0.1) is 11.6 Å². The van der Waals surface area contributed by atoms with Crippen LogP contribution in [0.1, 0.15) is 5.56 Å². The van der Waals surface area contributed by atoms with Crippen LogP contribution in [0.4, 0.5) is 14.5 Å². The molecule has 0 aliphatic rings. The highest BCUT2D eigenvalue weighted by molar-refractivity contribution is 5.75. The van der Waals surface area contributed by atoms with Crippen molar-refractivity contribution >= 4 is 5.69 Å². The van der Waals surface area contributed by atoms with Gasteiger partial charge in [0.15, 0.2) is 11.6 Å². The Hall–Kier alpha value is -2.69. The van der Waals surface area contributed by atoms with Gasteiger partial charge in [-0.15, -0.1) is 0 Å². The molecule has 0 aliphatic heterocycles. The monoisotopic (exact) mass is 285 g/mol. The van der Waals surface area contributed by atoms with Gasteiger partial charge in [-0.3, -0.25) is 4.68 Å². The molecular weight excluding hydrogens is 272 g/mol. The average molecular weight is 285 g/mol. The standard InChI is InChI=1S/C16H13F2N3/c17-14-6-3-4-11(16(14)18)9-21-10-12(8-20-21)13-5-1-2-7-15(13)19/h1-8,10H,9,19H2. The number of hydrogen-bond acceptors (Lipinski definition) is 2. The van der Waals surface area contributed by atoms with E-state index in [1.807, 2.05) is 18.2 Å². The average Bonchev–Trinajstić information content (AvgIpc) is 2.93. The summed E-state index contributed by atoms with van der Waals surface area (Å²) in [6, 6.07) is 11.5. The summed E-state index contributed by atoms with van der Waals surface area (Å²) in [6.45, 7) is 0.163. The Morgan fingerprint density at radius 3 is 2.67 bits per heavy atom. The van der Waals surface area contributed by atoms with Gasteiger partial charge in [0.05, 0.1) is 12.7 Å². The molecule has 2 aromatic carbocycles. The second-order valence-electron chi connectivity index (χ2n) is 4.73. The van der Waals surface area contributed by atoms with Crippen LogP contribution < -0.4 is 5.73 Å². The van der Waals surface area contributed by atoms with Crippen molar-refractivity contribution in [2.24, 2.45) is 0 Å². The summed E-state index contributed by atoms with van der Waals surface area (Å²) in [6.07, 6.45) is 3.42. The Balaban J connectivity index is 1.89. The molecule has 0 aliphatic carbocycles. The number of hydrogen-bond donors (Lipinski definition) is 1. The molecule has 3 aromatic rings. The lowest BCUT2D eigenvalue weighted by Crippen LogP contribution is -2.03. The number of nitrogen functional groups attached to an aromatic ring is 1. The van der Waals surface area contributed by atoms with Crippen LogP contribution in [-0.4, -0.2) is 9.78 Å². The van der Waals surface area contributed by atoms with Gasteiger partial charge in [-0.2, -0.15) is 5.10 Å². The van der Waals surface area contributed by atoms with Gasteiger partial charge in [-0.1, -0.05) is 30.3 Å². The van der Waals surface area contributed by atoms with Crippen molar-refractivity contribution in [3.8, 4) is 11.1 Å². The van der Waals surface area contributed by atoms with Crippen LogP contribution in [0.2, 0.25) is 0 Å². The summed E-state index contributed by atoms with van der Waals surface area (Å²) in [5.41, 5.74) is 8.52. The summed E-state index contributed by atoms with van der Waals surface area (Å²) >= 11 is 0. The van der Waals surface area contributed by atoms with Gasteiger partial charge < -0.3 is 5.73 Å². The van der Waals surface area contributed by atoms with Crippen molar-refractivity contribution in [3.63, 3.8) is 0 Å². The first-order valence-electron chi connectivity index (χ1n) is 6.45. The molecule has 0 bridgehead atoms. The van der Waals surface area contributed by atoms with Gasteiger partial charge in [-0.25, -0.2) is 8.78 Å². The third kappa shape index (κ3) is 2.63. The number of para-hydroxylation sites is 1. The summed E-state index contributed by atoms with van der Waals surface area (Å²) < 4.78 is 28.4. The number of nitrogens with zero attached hydrogens (tertiary/aromatic N) is 2. The van der Waals surface area contributed by atoms with Crippen LogP contribution in [0.25, 0.3) is 11.1 Å². The molecule has 0 saturated carbocycles. The first-order valence-corrected chi connectivity index (χ1v) is 6.45. The number of anilines is 1. The summed E-state index contributed by atoms with van der Waals surface area (Å²) in [5, 5.41) is 4.17. The Kier molecular flexibility index (Phi) is 3.39. The SMILES string of the molecule is Nc1ccccc1-c1cnn(Cc2cccc(F)c2F)c1. The van der Waals surface area contributed by atoms with Crippen molar-refractivity contribution in [3.05, 3.63) is 72.1 Å². The predicted octanol–water partition coefficient (Wildman–Crippen LogP) is 3.46. The maximum atomic E-state index is 13.6. The van der Waals surface area contributed by atoms with E-state index in [4.69, 9.17) is 5.73 Å².